The first-order valence-corrected chi connectivity index (χ1v) is 5.64. The summed E-state index contributed by atoms with van der Waals surface area (Å²) in [5.41, 5.74) is 2.07. The topological polar surface area (TPSA) is 52.8 Å². The minimum Gasteiger partial charge on any atom is -0.344 e. The third kappa shape index (κ3) is 2.22. The summed E-state index contributed by atoms with van der Waals surface area (Å²) in [5.74, 6) is 0.428. The Balaban J connectivity index is 0.00000108. The van der Waals surface area contributed by atoms with Crippen molar-refractivity contribution < 1.29 is 4.39 Å². The van der Waals surface area contributed by atoms with E-state index in [-0.39, 0.29) is 12.0 Å². The molecule has 0 spiro atoms. The molecule has 1 aromatic heterocycles. The monoisotopic (exact) mass is 233 g/mol. The van der Waals surface area contributed by atoms with E-state index in [0.29, 0.717) is 5.92 Å². The van der Waals surface area contributed by atoms with Crippen molar-refractivity contribution in [2.75, 3.05) is 0 Å². The molecular weight excluding hydrogens is 217 g/mol. The number of hydrogen-bond acceptors (Lipinski definition) is 2. The van der Waals surface area contributed by atoms with Crippen molar-refractivity contribution >= 4 is 0 Å². The first kappa shape index (κ1) is 11.8. The number of hydrogen-bond donors (Lipinski definition) is 1. The lowest BCUT2D eigenvalue weighted by Crippen LogP contribution is -2.09. The van der Waals surface area contributed by atoms with Gasteiger partial charge in [0.05, 0.1) is 11.4 Å². The van der Waals surface area contributed by atoms with E-state index in [1.165, 1.54) is 31.4 Å². The number of benzene rings is 1. The summed E-state index contributed by atoms with van der Waals surface area (Å²) in [6.45, 7) is 0. The number of rotatable bonds is 2. The summed E-state index contributed by atoms with van der Waals surface area (Å²) < 4.78 is 14.6. The Bertz CT molecular complexity index is 486. The molecule has 0 radical (unpaired) electrons. The Hall–Kier alpha value is -1.68. The van der Waals surface area contributed by atoms with Gasteiger partial charge < -0.3 is 6.15 Å². The molecule has 0 atom stereocenters. The zero-order chi connectivity index (χ0) is 11.0. The highest BCUT2D eigenvalue weighted by molar-refractivity contribution is 5.31. The second-order valence-corrected chi connectivity index (χ2v) is 4.29. The third-order valence-electron chi connectivity index (χ3n) is 3.22. The second-order valence-electron chi connectivity index (χ2n) is 4.29. The fourth-order valence-electron chi connectivity index (χ4n) is 2.00. The molecule has 3 N–H and O–H groups in total. The number of halogens is 1. The van der Waals surface area contributed by atoms with Crippen molar-refractivity contribution in [3.63, 3.8) is 0 Å². The third-order valence-corrected chi connectivity index (χ3v) is 3.22. The average Bonchev–Trinajstić information content (AvgIpc) is 2.65. The first-order valence-electron chi connectivity index (χ1n) is 5.64. The van der Waals surface area contributed by atoms with Crippen molar-refractivity contribution in [2.45, 2.75) is 25.2 Å². The molecule has 1 heterocycles. The molecule has 4 heteroatoms. The number of aromatic nitrogens is 2. The molecule has 1 fully saturated rings. The van der Waals surface area contributed by atoms with Crippen LogP contribution in [0.2, 0.25) is 0 Å². The maximum atomic E-state index is 12.8. The summed E-state index contributed by atoms with van der Waals surface area (Å²) in [7, 11) is 0. The zero-order valence-electron chi connectivity index (χ0n) is 9.64. The molecule has 0 unspecified atom stereocenters. The summed E-state index contributed by atoms with van der Waals surface area (Å²) >= 11 is 0. The molecule has 0 aliphatic heterocycles. The molecule has 17 heavy (non-hydrogen) atoms. The van der Waals surface area contributed by atoms with Gasteiger partial charge >= 0.3 is 0 Å². The van der Waals surface area contributed by atoms with Crippen LogP contribution in [-0.4, -0.2) is 9.78 Å². The SMILES string of the molecule is Fc1ccc(-n2ccc(C3CCC3)n2)cc1.N. The highest BCUT2D eigenvalue weighted by Gasteiger charge is 2.21. The maximum Gasteiger partial charge on any atom is 0.123 e. The molecule has 1 aliphatic carbocycles. The van der Waals surface area contributed by atoms with Crippen molar-refractivity contribution in [3.8, 4) is 5.69 Å². The fraction of sp³-hybridized carbons (Fsp3) is 0.308. The van der Waals surface area contributed by atoms with Crippen molar-refractivity contribution in [3.05, 3.63) is 48.0 Å². The Morgan fingerprint density at radius 3 is 2.41 bits per heavy atom. The smallest absolute Gasteiger partial charge is 0.123 e. The Morgan fingerprint density at radius 2 is 1.82 bits per heavy atom. The Kier molecular flexibility index (Phi) is 3.24. The molecule has 1 aromatic carbocycles. The Labute approximate surface area is 99.9 Å². The van der Waals surface area contributed by atoms with Crippen LogP contribution in [-0.2, 0) is 0 Å². The summed E-state index contributed by atoms with van der Waals surface area (Å²) in [6, 6.07) is 8.47. The molecule has 3 nitrogen and oxygen atoms in total. The van der Waals surface area contributed by atoms with Gasteiger partial charge in [0.2, 0.25) is 0 Å². The van der Waals surface area contributed by atoms with Gasteiger partial charge in [-0.05, 0) is 43.2 Å². The lowest BCUT2D eigenvalue weighted by atomic mass is 9.83. The summed E-state index contributed by atoms with van der Waals surface area (Å²) in [4.78, 5) is 0. The fourth-order valence-corrected chi connectivity index (χ4v) is 2.00. The van der Waals surface area contributed by atoms with Crippen LogP contribution in [0.3, 0.4) is 0 Å². The van der Waals surface area contributed by atoms with Gasteiger partial charge in [0.1, 0.15) is 5.82 Å². The Morgan fingerprint density at radius 1 is 1.12 bits per heavy atom. The van der Waals surface area contributed by atoms with Crippen LogP contribution in [0.15, 0.2) is 36.5 Å². The molecule has 90 valence electrons. The molecule has 0 amide bonds. The largest absolute Gasteiger partial charge is 0.344 e. The lowest BCUT2D eigenvalue weighted by molar-refractivity contribution is 0.409. The van der Waals surface area contributed by atoms with Gasteiger partial charge in [-0.15, -0.1) is 0 Å². The van der Waals surface area contributed by atoms with Gasteiger partial charge in [0, 0.05) is 12.1 Å². The van der Waals surface area contributed by atoms with Gasteiger partial charge in [-0.1, -0.05) is 6.42 Å². The van der Waals surface area contributed by atoms with Crippen molar-refractivity contribution in [2.24, 2.45) is 0 Å². The van der Waals surface area contributed by atoms with Crippen LogP contribution >= 0.6 is 0 Å². The van der Waals surface area contributed by atoms with Crippen molar-refractivity contribution in [1.29, 1.82) is 0 Å². The van der Waals surface area contributed by atoms with Gasteiger partial charge in [0.25, 0.3) is 0 Å². The van der Waals surface area contributed by atoms with E-state index in [1.807, 2.05) is 10.9 Å². The average molecular weight is 233 g/mol. The van der Waals surface area contributed by atoms with Crippen LogP contribution in [0.1, 0.15) is 30.9 Å². The predicted molar refractivity (Wildman–Crippen MR) is 65.1 cm³/mol. The van der Waals surface area contributed by atoms with E-state index in [1.54, 1.807) is 12.1 Å². The molecular formula is C13H16FN3. The highest BCUT2D eigenvalue weighted by Crippen LogP contribution is 2.35. The zero-order valence-corrected chi connectivity index (χ0v) is 9.64. The van der Waals surface area contributed by atoms with Crippen LogP contribution in [0.4, 0.5) is 4.39 Å². The maximum absolute atomic E-state index is 12.8. The van der Waals surface area contributed by atoms with Crippen LogP contribution in [0.5, 0.6) is 0 Å². The van der Waals surface area contributed by atoms with Crippen LogP contribution in [0.25, 0.3) is 5.69 Å². The minimum atomic E-state index is -0.213. The summed E-state index contributed by atoms with van der Waals surface area (Å²) in [6.07, 6.45) is 5.76. The second kappa shape index (κ2) is 4.67. The normalized spacial score (nSPS) is 15.1. The van der Waals surface area contributed by atoms with E-state index in [4.69, 9.17) is 0 Å². The van der Waals surface area contributed by atoms with E-state index in [0.717, 1.165) is 11.4 Å². The lowest BCUT2D eigenvalue weighted by Gasteiger charge is -2.22. The predicted octanol–water partition coefficient (Wildman–Crippen LogP) is 3.44. The standard InChI is InChI=1S/C13H13FN2.H3N/c14-11-4-6-12(7-5-11)16-9-8-13(15-16)10-2-1-3-10;/h4-10H,1-3H2;1H3. The van der Waals surface area contributed by atoms with Crippen molar-refractivity contribution in [1.82, 2.24) is 15.9 Å². The van der Waals surface area contributed by atoms with Crippen LogP contribution in [0, 0.1) is 5.82 Å². The number of nitrogens with zero attached hydrogens (tertiary/aromatic N) is 2. The van der Waals surface area contributed by atoms with Gasteiger partial charge in [-0.25, -0.2) is 9.07 Å². The molecule has 2 aromatic rings. The first-order chi connectivity index (χ1) is 7.83. The molecule has 3 rings (SSSR count). The van der Waals surface area contributed by atoms with Gasteiger partial charge in [-0.2, -0.15) is 5.10 Å². The van der Waals surface area contributed by atoms with Crippen LogP contribution < -0.4 is 6.15 Å². The van der Waals surface area contributed by atoms with E-state index >= 15 is 0 Å². The van der Waals surface area contributed by atoms with Gasteiger partial charge in [-0.3, -0.25) is 0 Å². The highest BCUT2D eigenvalue weighted by atomic mass is 19.1. The summed E-state index contributed by atoms with van der Waals surface area (Å²) in [5, 5.41) is 4.53. The van der Waals surface area contributed by atoms with E-state index < -0.39 is 0 Å². The minimum absolute atomic E-state index is 0. The molecule has 0 saturated heterocycles. The molecule has 0 bridgehead atoms. The van der Waals surface area contributed by atoms with E-state index in [2.05, 4.69) is 11.2 Å². The van der Waals surface area contributed by atoms with Gasteiger partial charge in [0.15, 0.2) is 0 Å². The van der Waals surface area contributed by atoms with E-state index in [9.17, 15) is 4.39 Å². The molecule has 1 saturated carbocycles. The quantitative estimate of drug-likeness (QED) is 0.863. The molecule has 1 aliphatic rings.